The molecule has 0 aromatic carbocycles. The van der Waals surface area contributed by atoms with Crippen LogP contribution in [-0.2, 0) is 9.47 Å². The SMILES string of the molecule is CC(C)(C)OC(=O)N=C(NC(=O)OC(C)(C)C)n1cccn1.NC(N)=NC12CC3CC(CC(F)(C3)C1)C2.NC12CC3CC(C1)CC(F)(C3)C2. The summed E-state index contributed by atoms with van der Waals surface area (Å²) >= 11 is 0. The van der Waals surface area contributed by atoms with Gasteiger partial charge in [0.1, 0.15) is 22.5 Å². The smallest absolute Gasteiger partial charge is 0.437 e. The number of hydrogen-bond acceptors (Lipinski definition) is 7. The summed E-state index contributed by atoms with van der Waals surface area (Å²) < 4.78 is 39.9. The number of aromatic nitrogens is 2. The lowest BCUT2D eigenvalue weighted by molar-refractivity contribution is -0.0849. The predicted octanol–water partition coefficient (Wildman–Crippen LogP) is 5.87. The van der Waals surface area contributed by atoms with Crippen molar-refractivity contribution >= 4 is 24.1 Å². The third-order valence-corrected chi connectivity index (χ3v) is 10.3. The summed E-state index contributed by atoms with van der Waals surface area (Å²) in [5, 5.41) is 6.30. The second kappa shape index (κ2) is 13.1. The zero-order valence-corrected chi connectivity index (χ0v) is 29.9. The van der Waals surface area contributed by atoms with E-state index >= 15 is 0 Å². The predicted molar refractivity (Wildman–Crippen MR) is 183 cm³/mol. The first-order valence-electron chi connectivity index (χ1n) is 17.6. The van der Waals surface area contributed by atoms with E-state index in [9.17, 15) is 18.4 Å². The summed E-state index contributed by atoms with van der Waals surface area (Å²) in [5.74, 6) is 2.27. The molecule has 8 bridgehead atoms. The number of nitrogens with two attached hydrogens (primary N) is 3. The van der Waals surface area contributed by atoms with Gasteiger partial charge in [-0.1, -0.05) is 0 Å². The van der Waals surface area contributed by atoms with Gasteiger partial charge in [-0.15, -0.1) is 4.99 Å². The first kappa shape index (κ1) is 37.0. The fourth-order valence-corrected chi connectivity index (χ4v) is 10.0. The molecule has 1 aromatic heterocycles. The maximum Gasteiger partial charge on any atom is 0.437 e. The highest BCUT2D eigenvalue weighted by Gasteiger charge is 2.59. The molecule has 12 nitrogen and oxygen atoms in total. The van der Waals surface area contributed by atoms with Crippen molar-refractivity contribution in [2.75, 3.05) is 0 Å². The Kier molecular flexibility index (Phi) is 9.90. The lowest BCUT2D eigenvalue weighted by Crippen LogP contribution is -2.61. The van der Waals surface area contributed by atoms with E-state index in [0.29, 0.717) is 36.5 Å². The van der Waals surface area contributed by atoms with Gasteiger partial charge in [-0.3, -0.25) is 5.32 Å². The van der Waals surface area contributed by atoms with Crippen LogP contribution < -0.4 is 22.5 Å². The van der Waals surface area contributed by atoms with E-state index in [4.69, 9.17) is 26.7 Å². The van der Waals surface area contributed by atoms with Crippen molar-refractivity contribution in [2.24, 2.45) is 50.9 Å². The maximum absolute atomic E-state index is 14.4. The van der Waals surface area contributed by atoms with Crippen molar-refractivity contribution in [3.8, 4) is 0 Å². The molecule has 2 amide bonds. The Hall–Kier alpha value is -3.29. The highest BCUT2D eigenvalue weighted by atomic mass is 19.1. The van der Waals surface area contributed by atoms with Crippen molar-refractivity contribution < 1.29 is 27.8 Å². The number of alkyl halides is 2. The van der Waals surface area contributed by atoms with Crippen LogP contribution in [0.3, 0.4) is 0 Å². The fraction of sp³-hybridized carbons (Fsp3) is 0.800. The van der Waals surface area contributed by atoms with Crippen molar-refractivity contribution in [1.82, 2.24) is 15.1 Å². The Morgan fingerprint density at radius 3 is 1.76 bits per heavy atom. The summed E-state index contributed by atoms with van der Waals surface area (Å²) in [5.41, 5.74) is 13.5. The number of alkyl carbamates (subject to hydrolysis) is 1. The van der Waals surface area contributed by atoms with Gasteiger partial charge in [0.25, 0.3) is 0 Å². The summed E-state index contributed by atoms with van der Waals surface area (Å²) in [6.07, 6.45) is 12.3. The van der Waals surface area contributed by atoms with Gasteiger partial charge in [0.05, 0.1) is 5.54 Å². The van der Waals surface area contributed by atoms with E-state index in [1.807, 2.05) is 0 Å². The molecule has 4 atom stereocenters. The van der Waals surface area contributed by atoms with Crippen LogP contribution in [0.2, 0.25) is 0 Å². The molecule has 7 N–H and O–H groups in total. The molecule has 0 saturated heterocycles. The number of nitrogens with zero attached hydrogens (tertiary/aromatic N) is 4. The molecule has 274 valence electrons. The third kappa shape index (κ3) is 9.91. The Labute approximate surface area is 288 Å². The first-order valence-corrected chi connectivity index (χ1v) is 17.6. The van der Waals surface area contributed by atoms with E-state index in [1.165, 1.54) is 29.9 Å². The van der Waals surface area contributed by atoms with Crippen LogP contribution in [0.4, 0.5) is 18.4 Å². The molecule has 1 aromatic rings. The molecular weight excluding hydrogens is 634 g/mol. The fourth-order valence-electron chi connectivity index (χ4n) is 10.0. The Morgan fingerprint density at radius 2 is 1.35 bits per heavy atom. The minimum atomic E-state index is -0.969. The summed E-state index contributed by atoms with van der Waals surface area (Å²) in [7, 11) is 0. The number of nitrogens with one attached hydrogen (secondary N) is 1. The van der Waals surface area contributed by atoms with Crippen molar-refractivity contribution in [3.05, 3.63) is 18.5 Å². The summed E-state index contributed by atoms with van der Waals surface area (Å²) in [6, 6.07) is 1.63. The number of halogens is 2. The van der Waals surface area contributed by atoms with Crippen LogP contribution in [0.25, 0.3) is 0 Å². The van der Waals surface area contributed by atoms with Gasteiger partial charge >= 0.3 is 12.2 Å². The van der Waals surface area contributed by atoms with E-state index in [-0.39, 0.29) is 23.0 Å². The minimum Gasteiger partial charge on any atom is -0.444 e. The summed E-state index contributed by atoms with van der Waals surface area (Å²) in [6.45, 7) is 10.3. The molecule has 9 rings (SSSR count). The Balaban J connectivity index is 0.000000150. The molecular formula is C35H56F2N8O4. The largest absolute Gasteiger partial charge is 0.444 e. The Morgan fingerprint density at radius 1 is 0.837 bits per heavy atom. The molecule has 49 heavy (non-hydrogen) atoms. The van der Waals surface area contributed by atoms with Crippen LogP contribution in [0.1, 0.15) is 119 Å². The average molecular weight is 691 g/mol. The van der Waals surface area contributed by atoms with E-state index in [2.05, 4.69) is 20.4 Å². The Bertz CT molecular complexity index is 1380. The van der Waals surface area contributed by atoms with Crippen LogP contribution in [0, 0.1) is 23.7 Å². The number of aliphatic imine (C=N–C) groups is 2. The number of hydrogen-bond donors (Lipinski definition) is 4. The van der Waals surface area contributed by atoms with E-state index in [1.54, 1.807) is 47.6 Å². The number of guanidine groups is 1. The van der Waals surface area contributed by atoms with Gasteiger partial charge < -0.3 is 26.7 Å². The van der Waals surface area contributed by atoms with Crippen LogP contribution in [-0.4, -0.2) is 67.5 Å². The third-order valence-electron chi connectivity index (χ3n) is 10.3. The molecule has 0 spiro atoms. The topological polar surface area (TPSA) is 185 Å². The molecule has 0 radical (unpaired) electrons. The maximum atomic E-state index is 14.4. The molecule has 0 aliphatic heterocycles. The van der Waals surface area contributed by atoms with E-state index in [0.717, 1.165) is 51.4 Å². The molecule has 8 fully saturated rings. The van der Waals surface area contributed by atoms with Gasteiger partial charge in [0.15, 0.2) is 5.96 Å². The van der Waals surface area contributed by atoms with Crippen LogP contribution >= 0.6 is 0 Å². The highest BCUT2D eigenvalue weighted by Crippen LogP contribution is 2.60. The number of carbonyl (C=O) groups is 2. The standard InChI is InChI=1S/C14H22N4O4.C11H18FN3.C10H16FN/c1-13(2,3)21-11(19)16-10(18-9-7-8-15-18)17-12(20)22-14(4,5)6;12-10-2-7-1-8(3-10)5-11(4-7,6-10)15-9(13)14;11-9-2-7-1-8(3-9)5-10(12,4-7)6-9/h7-9H,1-6H3,(H,16,17,19,20);7-8H,1-6H2,(H4,13,14,15);7-8H,1-6,12H2. The zero-order chi connectivity index (χ0) is 36.0. The number of carbonyl (C=O) groups excluding carboxylic acids is 2. The lowest BCUT2D eigenvalue weighted by Gasteiger charge is -2.57. The van der Waals surface area contributed by atoms with Crippen molar-refractivity contribution in [2.45, 2.75) is 152 Å². The molecule has 8 aliphatic rings. The molecule has 4 unspecified atom stereocenters. The zero-order valence-electron chi connectivity index (χ0n) is 29.9. The lowest BCUT2D eigenvalue weighted by atomic mass is 9.52. The number of ether oxygens (including phenoxy) is 2. The van der Waals surface area contributed by atoms with Crippen LogP contribution in [0.5, 0.6) is 0 Å². The van der Waals surface area contributed by atoms with Gasteiger partial charge in [-0.25, -0.2) is 28.0 Å². The highest BCUT2D eigenvalue weighted by molar-refractivity contribution is 5.99. The van der Waals surface area contributed by atoms with Crippen molar-refractivity contribution in [3.63, 3.8) is 0 Å². The average Bonchev–Trinajstić information content (AvgIpc) is 3.37. The van der Waals surface area contributed by atoms with E-state index < -0.39 is 34.7 Å². The normalized spacial score (nSPS) is 36.9. The van der Waals surface area contributed by atoms with Gasteiger partial charge in [-0.05, 0) is 142 Å². The number of rotatable bonds is 1. The van der Waals surface area contributed by atoms with Crippen LogP contribution in [0.15, 0.2) is 28.4 Å². The molecule has 14 heteroatoms. The molecule has 8 aliphatic carbocycles. The minimum absolute atomic E-state index is 0.103. The first-order chi connectivity index (χ1) is 22.5. The monoisotopic (exact) mass is 690 g/mol. The summed E-state index contributed by atoms with van der Waals surface area (Å²) in [4.78, 5) is 31.7. The molecule has 8 saturated carbocycles. The van der Waals surface area contributed by atoms with Gasteiger partial charge in [0, 0.05) is 24.4 Å². The second-order valence-corrected chi connectivity index (χ2v) is 17.8. The van der Waals surface area contributed by atoms with Gasteiger partial charge in [0.2, 0.25) is 5.96 Å². The van der Waals surface area contributed by atoms with Crippen molar-refractivity contribution in [1.29, 1.82) is 0 Å². The second-order valence-electron chi connectivity index (χ2n) is 17.8. The number of amides is 2. The quantitative estimate of drug-likeness (QED) is 0.208. The van der Waals surface area contributed by atoms with Gasteiger partial charge in [-0.2, -0.15) is 5.10 Å². The molecule has 1 heterocycles.